The van der Waals surface area contributed by atoms with Crippen LogP contribution in [0.4, 0.5) is 0 Å². The zero-order valence-corrected chi connectivity index (χ0v) is 10.7. The van der Waals surface area contributed by atoms with Gasteiger partial charge in [-0.25, -0.2) is 0 Å². The summed E-state index contributed by atoms with van der Waals surface area (Å²) in [6.07, 6.45) is 2.54. The van der Waals surface area contributed by atoms with Crippen LogP contribution in [0.15, 0.2) is 30.3 Å². The van der Waals surface area contributed by atoms with Crippen molar-refractivity contribution in [1.29, 1.82) is 0 Å². The molecule has 94 valence electrons. The fourth-order valence-corrected chi connectivity index (χ4v) is 2.69. The van der Waals surface area contributed by atoms with E-state index in [-0.39, 0.29) is 0 Å². The summed E-state index contributed by atoms with van der Waals surface area (Å²) in [4.78, 5) is 2.52. The number of likely N-dealkylation sites (tertiary alicyclic amines) is 1. The fraction of sp³-hybridized carbons (Fsp3) is 0.600. The molecule has 0 amide bonds. The maximum Gasteiger partial charge on any atom is 0.0459 e. The zero-order chi connectivity index (χ0) is 12.1. The Kier molecular flexibility index (Phi) is 4.57. The molecular weight excluding hydrogens is 210 g/mol. The molecule has 0 aromatic heterocycles. The van der Waals surface area contributed by atoms with Gasteiger partial charge in [0, 0.05) is 19.7 Å². The quantitative estimate of drug-likeness (QED) is 0.864. The van der Waals surface area contributed by atoms with Gasteiger partial charge < -0.3 is 5.11 Å². The summed E-state index contributed by atoms with van der Waals surface area (Å²) in [7, 11) is 0. The number of benzene rings is 1. The Balaban J connectivity index is 1.89. The van der Waals surface area contributed by atoms with Gasteiger partial charge in [0.05, 0.1) is 0 Å². The maximum atomic E-state index is 9.24. The SMILES string of the molecule is CC(CO)C1CCCN(Cc2ccccc2)C1. The van der Waals surface area contributed by atoms with E-state index in [1.807, 2.05) is 0 Å². The van der Waals surface area contributed by atoms with E-state index >= 15 is 0 Å². The van der Waals surface area contributed by atoms with Crippen LogP contribution in [0.25, 0.3) is 0 Å². The van der Waals surface area contributed by atoms with Crippen LogP contribution >= 0.6 is 0 Å². The molecule has 1 aliphatic rings. The van der Waals surface area contributed by atoms with E-state index in [2.05, 4.69) is 42.2 Å². The average Bonchev–Trinajstić information content (AvgIpc) is 2.39. The minimum Gasteiger partial charge on any atom is -0.396 e. The second-order valence-corrected chi connectivity index (χ2v) is 5.28. The van der Waals surface area contributed by atoms with Gasteiger partial charge in [0.1, 0.15) is 0 Å². The number of rotatable bonds is 4. The Bertz CT molecular complexity index is 325. The van der Waals surface area contributed by atoms with Gasteiger partial charge in [-0.2, -0.15) is 0 Å². The second kappa shape index (κ2) is 6.18. The van der Waals surface area contributed by atoms with Gasteiger partial charge in [0.25, 0.3) is 0 Å². The number of hydrogen-bond acceptors (Lipinski definition) is 2. The first-order valence-electron chi connectivity index (χ1n) is 6.66. The third kappa shape index (κ3) is 3.55. The Morgan fingerprint density at radius 1 is 1.35 bits per heavy atom. The summed E-state index contributed by atoms with van der Waals surface area (Å²) in [5.74, 6) is 1.10. The molecule has 1 fully saturated rings. The van der Waals surface area contributed by atoms with Crippen LogP contribution in [0.1, 0.15) is 25.3 Å². The third-order valence-electron chi connectivity index (χ3n) is 3.88. The van der Waals surface area contributed by atoms with Crippen molar-refractivity contribution < 1.29 is 5.11 Å². The van der Waals surface area contributed by atoms with E-state index < -0.39 is 0 Å². The molecule has 2 nitrogen and oxygen atoms in total. The number of nitrogens with zero attached hydrogens (tertiary/aromatic N) is 1. The first-order valence-corrected chi connectivity index (χ1v) is 6.66. The smallest absolute Gasteiger partial charge is 0.0459 e. The summed E-state index contributed by atoms with van der Waals surface area (Å²) in [6.45, 7) is 5.87. The maximum absolute atomic E-state index is 9.24. The first kappa shape index (κ1) is 12.6. The minimum atomic E-state index is 0.323. The Labute approximate surface area is 104 Å². The lowest BCUT2D eigenvalue weighted by molar-refractivity contribution is 0.101. The molecule has 1 saturated heterocycles. The highest BCUT2D eigenvalue weighted by Crippen LogP contribution is 2.24. The van der Waals surface area contributed by atoms with Crippen LogP contribution in [0.5, 0.6) is 0 Å². The van der Waals surface area contributed by atoms with Gasteiger partial charge in [-0.1, -0.05) is 37.3 Å². The first-order chi connectivity index (χ1) is 8.29. The minimum absolute atomic E-state index is 0.323. The van der Waals surface area contributed by atoms with E-state index in [0.717, 1.165) is 13.1 Å². The topological polar surface area (TPSA) is 23.5 Å². The summed E-state index contributed by atoms with van der Waals surface area (Å²) in [5.41, 5.74) is 1.39. The molecule has 0 radical (unpaired) electrons. The molecule has 0 aliphatic carbocycles. The largest absolute Gasteiger partial charge is 0.396 e. The highest BCUT2D eigenvalue weighted by Gasteiger charge is 2.23. The average molecular weight is 233 g/mol. The van der Waals surface area contributed by atoms with Crippen molar-refractivity contribution in [3.8, 4) is 0 Å². The van der Waals surface area contributed by atoms with Crippen LogP contribution < -0.4 is 0 Å². The molecule has 2 atom stereocenters. The summed E-state index contributed by atoms with van der Waals surface area (Å²) >= 11 is 0. The molecular formula is C15H23NO. The Morgan fingerprint density at radius 3 is 2.82 bits per heavy atom. The normalized spacial score (nSPS) is 23.5. The molecule has 2 heteroatoms. The number of hydrogen-bond donors (Lipinski definition) is 1. The molecule has 1 aromatic carbocycles. The van der Waals surface area contributed by atoms with Gasteiger partial charge >= 0.3 is 0 Å². The van der Waals surface area contributed by atoms with E-state index in [0.29, 0.717) is 18.4 Å². The van der Waals surface area contributed by atoms with Crippen molar-refractivity contribution in [2.45, 2.75) is 26.3 Å². The lowest BCUT2D eigenvalue weighted by Gasteiger charge is -2.35. The summed E-state index contributed by atoms with van der Waals surface area (Å²) < 4.78 is 0. The molecule has 17 heavy (non-hydrogen) atoms. The third-order valence-corrected chi connectivity index (χ3v) is 3.88. The molecule has 1 N–H and O–H groups in total. The molecule has 1 heterocycles. The van der Waals surface area contributed by atoms with Crippen LogP contribution in [0.3, 0.4) is 0 Å². The molecule has 2 unspecified atom stereocenters. The number of aliphatic hydroxyl groups is 1. The van der Waals surface area contributed by atoms with Crippen molar-refractivity contribution in [3.05, 3.63) is 35.9 Å². The van der Waals surface area contributed by atoms with Crippen LogP contribution in [0, 0.1) is 11.8 Å². The number of piperidine rings is 1. The fourth-order valence-electron chi connectivity index (χ4n) is 2.69. The number of aliphatic hydroxyl groups excluding tert-OH is 1. The van der Waals surface area contributed by atoms with Crippen molar-refractivity contribution in [2.75, 3.05) is 19.7 Å². The van der Waals surface area contributed by atoms with Gasteiger partial charge in [0.15, 0.2) is 0 Å². The highest BCUT2D eigenvalue weighted by molar-refractivity contribution is 5.14. The predicted octanol–water partition coefficient (Wildman–Crippen LogP) is 2.53. The lowest BCUT2D eigenvalue weighted by atomic mass is 9.87. The van der Waals surface area contributed by atoms with E-state index in [1.54, 1.807) is 0 Å². The summed E-state index contributed by atoms with van der Waals surface area (Å²) in [6, 6.07) is 10.7. The van der Waals surface area contributed by atoms with E-state index in [1.165, 1.54) is 24.9 Å². The van der Waals surface area contributed by atoms with E-state index in [4.69, 9.17) is 0 Å². The van der Waals surface area contributed by atoms with E-state index in [9.17, 15) is 5.11 Å². The lowest BCUT2D eigenvalue weighted by Crippen LogP contribution is -2.38. The Morgan fingerprint density at radius 2 is 2.12 bits per heavy atom. The van der Waals surface area contributed by atoms with Crippen molar-refractivity contribution in [2.24, 2.45) is 11.8 Å². The van der Waals surface area contributed by atoms with Gasteiger partial charge in [0.2, 0.25) is 0 Å². The van der Waals surface area contributed by atoms with Gasteiger partial charge in [-0.3, -0.25) is 4.90 Å². The summed E-state index contributed by atoms with van der Waals surface area (Å²) in [5, 5.41) is 9.24. The van der Waals surface area contributed by atoms with Gasteiger partial charge in [-0.05, 0) is 36.8 Å². The molecule has 0 spiro atoms. The highest BCUT2D eigenvalue weighted by atomic mass is 16.3. The van der Waals surface area contributed by atoms with Crippen molar-refractivity contribution >= 4 is 0 Å². The van der Waals surface area contributed by atoms with Crippen LogP contribution in [-0.4, -0.2) is 29.7 Å². The standard InChI is InChI=1S/C15H23NO/c1-13(12-17)15-8-5-9-16(11-15)10-14-6-3-2-4-7-14/h2-4,6-7,13,15,17H,5,8-12H2,1H3. The molecule has 0 saturated carbocycles. The molecule has 2 rings (SSSR count). The van der Waals surface area contributed by atoms with Gasteiger partial charge in [-0.15, -0.1) is 0 Å². The molecule has 1 aromatic rings. The molecule has 1 aliphatic heterocycles. The van der Waals surface area contributed by atoms with Crippen molar-refractivity contribution in [1.82, 2.24) is 4.90 Å². The monoisotopic (exact) mass is 233 g/mol. The van der Waals surface area contributed by atoms with Crippen LogP contribution in [0.2, 0.25) is 0 Å². The van der Waals surface area contributed by atoms with Crippen molar-refractivity contribution in [3.63, 3.8) is 0 Å². The predicted molar refractivity (Wildman–Crippen MR) is 70.7 cm³/mol. The van der Waals surface area contributed by atoms with Crippen LogP contribution in [-0.2, 0) is 6.54 Å². The molecule has 0 bridgehead atoms. The second-order valence-electron chi connectivity index (χ2n) is 5.28. The zero-order valence-electron chi connectivity index (χ0n) is 10.7. The Hall–Kier alpha value is -0.860.